The van der Waals surface area contributed by atoms with Crippen molar-refractivity contribution in [3.8, 4) is 0 Å². The summed E-state index contributed by atoms with van der Waals surface area (Å²) in [6.07, 6.45) is 2.45. The van der Waals surface area contributed by atoms with Gasteiger partial charge in [-0.25, -0.2) is 0 Å². The largest absolute Gasteiger partial charge is 0.481 e. The van der Waals surface area contributed by atoms with Gasteiger partial charge < -0.3 is 14.9 Å². The van der Waals surface area contributed by atoms with Gasteiger partial charge in [0.15, 0.2) is 0 Å². The molecule has 1 heterocycles. The summed E-state index contributed by atoms with van der Waals surface area (Å²) < 4.78 is 4.38. The third kappa shape index (κ3) is 3.99. The Hall–Kier alpha value is -1.69. The quantitative estimate of drug-likeness (QED) is 0.299. The van der Waals surface area contributed by atoms with E-state index < -0.39 is 23.8 Å². The van der Waals surface area contributed by atoms with E-state index in [4.69, 9.17) is 10.2 Å². The van der Waals surface area contributed by atoms with Crippen LogP contribution in [-0.2, 0) is 19.1 Å². The van der Waals surface area contributed by atoms with Crippen LogP contribution < -0.4 is 0 Å². The fourth-order valence-electron chi connectivity index (χ4n) is 1.62. The number of ether oxygens (including phenoxy) is 1. The summed E-state index contributed by atoms with van der Waals surface area (Å²) in [4.78, 5) is 32.4. The number of hydrogen-bond acceptors (Lipinski definition) is 5. The number of hydrogen-bond donors (Lipinski definition) is 2. The molecule has 2 N–H and O–H groups in total. The van der Waals surface area contributed by atoms with Gasteiger partial charge in [-0.2, -0.15) is 0 Å². The van der Waals surface area contributed by atoms with Gasteiger partial charge in [-0.3, -0.25) is 14.4 Å². The number of rotatable bonds is 6. The molecule has 0 aromatic rings. The zero-order chi connectivity index (χ0) is 12.8. The Bertz CT molecular complexity index is 357. The first-order valence-electron chi connectivity index (χ1n) is 5.30. The van der Waals surface area contributed by atoms with Gasteiger partial charge in [0.25, 0.3) is 0 Å². The summed E-state index contributed by atoms with van der Waals surface area (Å²) in [6.45, 7) is -0.333. The highest BCUT2D eigenvalue weighted by Gasteiger charge is 2.35. The SMILES string of the molecule is O=C(O)CCC/C=C(/CO)C1CC(=O)OC1=O. The number of carbonyl (C=O) groups is 3. The Morgan fingerprint density at radius 1 is 1.47 bits per heavy atom. The third-order valence-electron chi connectivity index (χ3n) is 2.50. The average Bonchev–Trinajstić information content (AvgIpc) is 2.58. The fraction of sp³-hybridized carbons (Fsp3) is 0.545. The van der Waals surface area contributed by atoms with E-state index >= 15 is 0 Å². The Labute approximate surface area is 97.9 Å². The summed E-state index contributed by atoms with van der Waals surface area (Å²) in [6, 6.07) is 0. The molecule has 0 aromatic heterocycles. The minimum atomic E-state index is -0.889. The molecule has 1 rings (SSSR count). The number of esters is 2. The standard InChI is InChI=1S/C11H14O6/c12-6-7(3-1-2-4-9(13)14)8-5-10(15)17-11(8)16/h3,8,12H,1-2,4-6H2,(H,13,14)/b7-3-. The number of aliphatic hydroxyl groups is 1. The Balaban J connectivity index is 2.52. The van der Waals surface area contributed by atoms with Gasteiger partial charge >= 0.3 is 17.9 Å². The van der Waals surface area contributed by atoms with Crippen molar-refractivity contribution in [2.75, 3.05) is 6.61 Å². The number of cyclic esters (lactones) is 2. The van der Waals surface area contributed by atoms with Crippen LogP contribution in [0.5, 0.6) is 0 Å². The van der Waals surface area contributed by atoms with E-state index in [0.29, 0.717) is 18.4 Å². The maximum absolute atomic E-state index is 11.2. The van der Waals surface area contributed by atoms with E-state index in [0.717, 1.165) is 0 Å². The highest BCUT2D eigenvalue weighted by atomic mass is 16.6. The molecule has 1 aliphatic rings. The highest BCUT2D eigenvalue weighted by molar-refractivity contribution is 5.96. The number of carboxylic acid groups (broad SMARTS) is 1. The maximum Gasteiger partial charge on any atom is 0.321 e. The summed E-state index contributed by atoms with van der Waals surface area (Å²) in [7, 11) is 0. The van der Waals surface area contributed by atoms with Gasteiger partial charge in [0, 0.05) is 6.42 Å². The van der Waals surface area contributed by atoms with Crippen molar-refractivity contribution in [2.24, 2.45) is 5.92 Å². The minimum absolute atomic E-state index is 0.0310. The molecule has 0 aromatic carbocycles. The molecule has 1 aliphatic heterocycles. The molecule has 0 spiro atoms. The molecule has 0 amide bonds. The van der Waals surface area contributed by atoms with Gasteiger partial charge in [-0.05, 0) is 18.4 Å². The predicted octanol–water partition coefficient (Wildman–Crippen LogP) is 0.250. The summed E-state index contributed by atoms with van der Waals surface area (Å²) in [5.74, 6) is -2.84. The van der Waals surface area contributed by atoms with Crippen LogP contribution in [0.3, 0.4) is 0 Å². The fourth-order valence-corrected chi connectivity index (χ4v) is 1.62. The zero-order valence-electron chi connectivity index (χ0n) is 9.22. The van der Waals surface area contributed by atoms with Gasteiger partial charge in [0.2, 0.25) is 0 Å². The molecule has 1 saturated heterocycles. The molecule has 0 bridgehead atoms. The van der Waals surface area contributed by atoms with Crippen LogP contribution >= 0.6 is 0 Å². The van der Waals surface area contributed by atoms with Crippen LogP contribution in [0, 0.1) is 5.92 Å². The summed E-state index contributed by atoms with van der Waals surface area (Å²) in [5.41, 5.74) is 0.422. The number of aliphatic carboxylic acids is 1. The van der Waals surface area contributed by atoms with Crippen LogP contribution in [0.4, 0.5) is 0 Å². The van der Waals surface area contributed by atoms with Crippen LogP contribution in [0.1, 0.15) is 25.7 Å². The van der Waals surface area contributed by atoms with Crippen molar-refractivity contribution in [2.45, 2.75) is 25.7 Å². The summed E-state index contributed by atoms with van der Waals surface area (Å²) in [5, 5.41) is 17.5. The lowest BCUT2D eigenvalue weighted by Crippen LogP contribution is -2.13. The molecule has 17 heavy (non-hydrogen) atoms. The van der Waals surface area contributed by atoms with Crippen molar-refractivity contribution in [3.63, 3.8) is 0 Å². The van der Waals surface area contributed by atoms with E-state index in [1.165, 1.54) is 0 Å². The lowest BCUT2D eigenvalue weighted by atomic mass is 9.96. The Morgan fingerprint density at radius 3 is 2.65 bits per heavy atom. The monoisotopic (exact) mass is 242 g/mol. The van der Waals surface area contributed by atoms with Crippen LogP contribution in [0.2, 0.25) is 0 Å². The predicted molar refractivity (Wildman–Crippen MR) is 55.9 cm³/mol. The number of carbonyl (C=O) groups excluding carboxylic acids is 2. The molecule has 1 unspecified atom stereocenters. The molecular formula is C11H14O6. The van der Waals surface area contributed by atoms with E-state index in [1.54, 1.807) is 6.08 Å². The molecule has 0 saturated carbocycles. The second-order valence-electron chi connectivity index (χ2n) is 3.77. The lowest BCUT2D eigenvalue weighted by molar-refractivity contribution is -0.152. The number of carboxylic acids is 1. The van der Waals surface area contributed by atoms with Crippen molar-refractivity contribution in [3.05, 3.63) is 11.6 Å². The van der Waals surface area contributed by atoms with Gasteiger partial charge in [0.05, 0.1) is 18.9 Å². The molecule has 1 fully saturated rings. The van der Waals surface area contributed by atoms with Crippen LogP contribution in [0.25, 0.3) is 0 Å². The highest BCUT2D eigenvalue weighted by Crippen LogP contribution is 2.24. The first-order chi connectivity index (χ1) is 8.04. The third-order valence-corrected chi connectivity index (χ3v) is 2.50. The normalized spacial score (nSPS) is 20.5. The number of allylic oxidation sites excluding steroid dienone is 1. The van der Waals surface area contributed by atoms with E-state index in [9.17, 15) is 14.4 Å². The first kappa shape index (κ1) is 13.4. The molecule has 0 aliphatic carbocycles. The smallest absolute Gasteiger partial charge is 0.321 e. The molecule has 0 radical (unpaired) electrons. The lowest BCUT2D eigenvalue weighted by Gasteiger charge is -2.07. The Kier molecular flexibility index (Phi) is 4.84. The Morgan fingerprint density at radius 2 is 2.18 bits per heavy atom. The van der Waals surface area contributed by atoms with Crippen LogP contribution in [-0.4, -0.2) is 34.7 Å². The topological polar surface area (TPSA) is 101 Å². The minimum Gasteiger partial charge on any atom is -0.481 e. The summed E-state index contributed by atoms with van der Waals surface area (Å²) >= 11 is 0. The second kappa shape index (κ2) is 6.15. The number of unbranched alkanes of at least 4 members (excludes halogenated alkanes) is 1. The van der Waals surface area contributed by atoms with Crippen molar-refractivity contribution in [1.29, 1.82) is 0 Å². The second-order valence-corrected chi connectivity index (χ2v) is 3.77. The molecule has 1 atom stereocenters. The zero-order valence-corrected chi connectivity index (χ0v) is 9.22. The van der Waals surface area contributed by atoms with E-state index in [2.05, 4.69) is 4.74 Å². The van der Waals surface area contributed by atoms with Gasteiger partial charge in [-0.15, -0.1) is 0 Å². The molecule has 6 heteroatoms. The van der Waals surface area contributed by atoms with Crippen molar-refractivity contribution in [1.82, 2.24) is 0 Å². The average molecular weight is 242 g/mol. The van der Waals surface area contributed by atoms with Gasteiger partial charge in [-0.1, -0.05) is 6.08 Å². The van der Waals surface area contributed by atoms with E-state index in [1.807, 2.05) is 0 Å². The molecular weight excluding hydrogens is 228 g/mol. The van der Waals surface area contributed by atoms with Crippen LogP contribution in [0.15, 0.2) is 11.6 Å². The van der Waals surface area contributed by atoms with Crippen molar-refractivity contribution < 1.29 is 29.3 Å². The maximum atomic E-state index is 11.2. The molecule has 6 nitrogen and oxygen atoms in total. The number of aliphatic hydroxyl groups excluding tert-OH is 1. The molecule has 94 valence electrons. The van der Waals surface area contributed by atoms with E-state index in [-0.39, 0.29) is 19.4 Å². The van der Waals surface area contributed by atoms with Gasteiger partial charge in [0.1, 0.15) is 0 Å². The van der Waals surface area contributed by atoms with Crippen molar-refractivity contribution >= 4 is 17.9 Å². The first-order valence-corrected chi connectivity index (χ1v) is 5.30.